The number of nitrogens with zero attached hydrogens (tertiary/aromatic N) is 3. The summed E-state index contributed by atoms with van der Waals surface area (Å²) in [6.45, 7) is 1.97. The summed E-state index contributed by atoms with van der Waals surface area (Å²) in [5, 5.41) is 11.8. The van der Waals surface area contributed by atoms with Crippen LogP contribution in [0.3, 0.4) is 0 Å². The highest BCUT2D eigenvalue weighted by molar-refractivity contribution is 6.35. The Morgan fingerprint density at radius 2 is 2.00 bits per heavy atom. The lowest BCUT2D eigenvalue weighted by Crippen LogP contribution is -2.22. The smallest absolute Gasteiger partial charge is 0.287 e. The molecule has 1 aromatic heterocycles. The normalized spacial score (nSPS) is 12.0. The number of hydrogen-bond donors (Lipinski definition) is 0. The van der Waals surface area contributed by atoms with Crippen molar-refractivity contribution in [3.05, 3.63) is 62.3 Å². The first-order valence-corrected chi connectivity index (χ1v) is 6.94. The van der Waals surface area contributed by atoms with E-state index in [4.69, 9.17) is 23.2 Å². The molecular weight excluding hydrogens is 313 g/mol. The molecule has 0 fully saturated rings. The summed E-state index contributed by atoms with van der Waals surface area (Å²) >= 11 is 12.1. The fraction of sp³-hybridized carbons (Fsp3) is 0.214. The largest absolute Gasteiger partial charge is 0.353 e. The van der Waals surface area contributed by atoms with Crippen molar-refractivity contribution in [3.63, 3.8) is 0 Å². The molecule has 2 aromatic rings. The first-order valence-electron chi connectivity index (χ1n) is 6.18. The van der Waals surface area contributed by atoms with Crippen molar-refractivity contribution in [2.24, 2.45) is 0 Å². The molecule has 0 aliphatic heterocycles. The number of hydrogen-bond acceptors (Lipinski definition) is 4. The highest BCUT2D eigenvalue weighted by Crippen LogP contribution is 2.31. The molecule has 0 bridgehead atoms. The molecule has 0 saturated heterocycles. The Balaban J connectivity index is 2.25. The van der Waals surface area contributed by atoms with Gasteiger partial charge in [0.15, 0.2) is 0 Å². The molecule has 0 N–H and O–H groups in total. The summed E-state index contributed by atoms with van der Waals surface area (Å²) in [5.41, 5.74) is 0.869. The maximum Gasteiger partial charge on any atom is 0.287 e. The Kier molecular flexibility index (Phi) is 4.65. The van der Waals surface area contributed by atoms with Gasteiger partial charge < -0.3 is 4.90 Å². The number of benzene rings is 1. The van der Waals surface area contributed by atoms with E-state index in [0.29, 0.717) is 15.9 Å². The zero-order chi connectivity index (χ0) is 15.6. The number of nitro groups is 1. The Hall–Kier alpha value is -1.85. The van der Waals surface area contributed by atoms with Gasteiger partial charge in [0.25, 0.3) is 5.69 Å². The SMILES string of the molecule is C[C@@H](c1ccc(Cl)cc1Cl)N(C)c1ccc([N+](=O)[O-])cn1. The van der Waals surface area contributed by atoms with Gasteiger partial charge in [-0.1, -0.05) is 29.3 Å². The third-order valence-corrected chi connectivity index (χ3v) is 3.86. The van der Waals surface area contributed by atoms with Gasteiger partial charge in [-0.15, -0.1) is 0 Å². The Bertz CT molecular complexity index is 662. The van der Waals surface area contributed by atoms with Crippen LogP contribution in [0.5, 0.6) is 0 Å². The number of aromatic nitrogens is 1. The first-order chi connectivity index (χ1) is 9.90. The van der Waals surface area contributed by atoms with Crippen molar-refractivity contribution in [3.8, 4) is 0 Å². The minimum atomic E-state index is -0.476. The predicted octanol–water partition coefficient (Wildman–Crippen LogP) is 4.49. The second-order valence-electron chi connectivity index (χ2n) is 4.58. The molecule has 0 spiro atoms. The number of pyridine rings is 1. The van der Waals surface area contributed by atoms with E-state index in [1.165, 1.54) is 12.3 Å². The lowest BCUT2D eigenvalue weighted by molar-refractivity contribution is -0.385. The average molecular weight is 326 g/mol. The van der Waals surface area contributed by atoms with Crippen molar-refractivity contribution >= 4 is 34.7 Å². The molecule has 1 heterocycles. The van der Waals surface area contributed by atoms with E-state index in [-0.39, 0.29) is 11.7 Å². The summed E-state index contributed by atoms with van der Waals surface area (Å²) in [5.74, 6) is 0.624. The van der Waals surface area contributed by atoms with E-state index in [2.05, 4.69) is 4.98 Å². The molecule has 0 saturated carbocycles. The van der Waals surface area contributed by atoms with Crippen molar-refractivity contribution in [2.75, 3.05) is 11.9 Å². The molecule has 2 rings (SSSR count). The van der Waals surface area contributed by atoms with E-state index in [1.54, 1.807) is 18.2 Å². The monoisotopic (exact) mass is 325 g/mol. The molecule has 1 atom stereocenters. The minimum Gasteiger partial charge on any atom is -0.353 e. The van der Waals surface area contributed by atoms with Crippen LogP contribution in [0.4, 0.5) is 11.5 Å². The van der Waals surface area contributed by atoms with Crippen LogP contribution in [0.15, 0.2) is 36.5 Å². The van der Waals surface area contributed by atoms with Gasteiger partial charge in [-0.25, -0.2) is 4.98 Å². The van der Waals surface area contributed by atoms with Crippen LogP contribution < -0.4 is 4.90 Å². The van der Waals surface area contributed by atoms with Crippen LogP contribution in [0.25, 0.3) is 0 Å². The van der Waals surface area contributed by atoms with Gasteiger partial charge in [-0.2, -0.15) is 0 Å². The summed E-state index contributed by atoms with van der Waals surface area (Å²) in [4.78, 5) is 16.2. The van der Waals surface area contributed by atoms with Gasteiger partial charge in [0, 0.05) is 23.2 Å². The van der Waals surface area contributed by atoms with Crippen molar-refractivity contribution < 1.29 is 4.92 Å². The topological polar surface area (TPSA) is 59.3 Å². The van der Waals surface area contributed by atoms with E-state index < -0.39 is 4.92 Å². The zero-order valence-electron chi connectivity index (χ0n) is 11.5. The van der Waals surface area contributed by atoms with Crippen molar-refractivity contribution in [1.29, 1.82) is 0 Å². The van der Waals surface area contributed by atoms with Crippen LogP contribution in [-0.4, -0.2) is 17.0 Å². The van der Waals surface area contributed by atoms with E-state index >= 15 is 0 Å². The standard InChI is InChI=1S/C14H13Cl2N3O2/c1-9(12-5-3-10(15)7-13(12)16)18(2)14-6-4-11(8-17-14)19(20)21/h3-9H,1-2H3/t9-/m0/s1. The maximum absolute atomic E-state index is 10.6. The fourth-order valence-electron chi connectivity index (χ4n) is 1.94. The number of halogens is 2. The lowest BCUT2D eigenvalue weighted by Gasteiger charge is -2.27. The summed E-state index contributed by atoms with van der Waals surface area (Å²) in [7, 11) is 1.85. The van der Waals surface area contributed by atoms with Crippen LogP contribution >= 0.6 is 23.2 Å². The molecule has 21 heavy (non-hydrogen) atoms. The molecule has 0 aliphatic rings. The van der Waals surface area contributed by atoms with Gasteiger partial charge in [0.2, 0.25) is 0 Å². The van der Waals surface area contributed by atoms with Crippen LogP contribution in [0, 0.1) is 10.1 Å². The molecule has 7 heteroatoms. The van der Waals surface area contributed by atoms with Crippen LogP contribution in [-0.2, 0) is 0 Å². The van der Waals surface area contributed by atoms with Gasteiger partial charge in [0.05, 0.1) is 11.0 Å². The number of rotatable bonds is 4. The van der Waals surface area contributed by atoms with Gasteiger partial charge in [0.1, 0.15) is 12.0 Å². The van der Waals surface area contributed by atoms with Crippen molar-refractivity contribution in [1.82, 2.24) is 4.98 Å². The lowest BCUT2D eigenvalue weighted by atomic mass is 10.1. The fourth-order valence-corrected chi connectivity index (χ4v) is 2.51. The third-order valence-electron chi connectivity index (χ3n) is 3.30. The van der Waals surface area contributed by atoms with Crippen molar-refractivity contribution in [2.45, 2.75) is 13.0 Å². The molecule has 110 valence electrons. The molecular formula is C14H13Cl2N3O2. The Labute approximate surface area is 132 Å². The first kappa shape index (κ1) is 15.5. The van der Waals surface area contributed by atoms with E-state index in [0.717, 1.165) is 5.56 Å². The highest BCUT2D eigenvalue weighted by Gasteiger charge is 2.17. The van der Waals surface area contributed by atoms with Crippen LogP contribution in [0.2, 0.25) is 10.0 Å². The molecule has 0 amide bonds. The van der Waals surface area contributed by atoms with Gasteiger partial charge in [-0.3, -0.25) is 10.1 Å². The van der Waals surface area contributed by atoms with Gasteiger partial charge >= 0.3 is 0 Å². The Morgan fingerprint density at radius 3 is 2.52 bits per heavy atom. The second kappa shape index (κ2) is 6.28. The zero-order valence-corrected chi connectivity index (χ0v) is 13.0. The molecule has 0 aliphatic carbocycles. The summed E-state index contributed by atoms with van der Waals surface area (Å²) < 4.78 is 0. The molecule has 5 nitrogen and oxygen atoms in total. The van der Waals surface area contributed by atoms with Crippen LogP contribution in [0.1, 0.15) is 18.5 Å². The third kappa shape index (κ3) is 3.43. The highest BCUT2D eigenvalue weighted by atomic mass is 35.5. The number of anilines is 1. The van der Waals surface area contributed by atoms with E-state index in [1.807, 2.05) is 24.9 Å². The van der Waals surface area contributed by atoms with Gasteiger partial charge in [-0.05, 0) is 30.7 Å². The molecule has 1 aromatic carbocycles. The molecule has 0 radical (unpaired) electrons. The minimum absolute atomic E-state index is 0.0377. The summed E-state index contributed by atoms with van der Waals surface area (Å²) in [6.07, 6.45) is 1.24. The Morgan fingerprint density at radius 1 is 1.29 bits per heavy atom. The maximum atomic E-state index is 10.6. The predicted molar refractivity (Wildman–Crippen MR) is 84.2 cm³/mol. The average Bonchev–Trinajstić information content (AvgIpc) is 2.46. The second-order valence-corrected chi connectivity index (χ2v) is 5.43. The molecule has 0 unspecified atom stereocenters. The van der Waals surface area contributed by atoms with E-state index in [9.17, 15) is 10.1 Å². The quantitative estimate of drug-likeness (QED) is 0.613. The summed E-state index contributed by atoms with van der Waals surface area (Å²) in [6, 6.07) is 8.30.